The molecule has 0 aromatic rings. The lowest BCUT2D eigenvalue weighted by atomic mass is 10.0. The van der Waals surface area contributed by atoms with Gasteiger partial charge in [0.2, 0.25) is 0 Å². The summed E-state index contributed by atoms with van der Waals surface area (Å²) in [6.45, 7) is 2.76. The molecule has 29 heavy (non-hydrogen) atoms. The van der Waals surface area contributed by atoms with E-state index in [-0.39, 0.29) is 6.61 Å². The molecule has 0 unspecified atom stereocenters. The first-order valence-electron chi connectivity index (χ1n) is 12.4. The number of rotatable bonds is 20. The van der Waals surface area contributed by atoms with Crippen LogP contribution in [0.25, 0.3) is 0 Å². The molecule has 4 atom stereocenters. The normalized spacial score (nSPS) is 23.0. The van der Waals surface area contributed by atoms with E-state index >= 15 is 0 Å². The van der Waals surface area contributed by atoms with Crippen molar-refractivity contribution in [1.82, 2.24) is 0 Å². The van der Waals surface area contributed by atoms with Gasteiger partial charge in [-0.05, 0) is 6.42 Å². The molecule has 1 aliphatic heterocycles. The molecule has 1 aliphatic rings. The molecule has 1 heterocycles. The maximum atomic E-state index is 10.1. The third-order valence-electron chi connectivity index (χ3n) is 6.07. The number of ether oxygens (including phenoxy) is 2. The highest BCUT2D eigenvalue weighted by Gasteiger charge is 2.40. The van der Waals surface area contributed by atoms with E-state index in [9.17, 15) is 10.2 Å². The molecule has 0 bridgehead atoms. The molecule has 0 aromatic heterocycles. The fourth-order valence-corrected chi connectivity index (χ4v) is 4.09. The molecule has 1 fully saturated rings. The summed E-state index contributed by atoms with van der Waals surface area (Å²) in [5, 5.41) is 28.6. The molecule has 174 valence electrons. The van der Waals surface area contributed by atoms with Gasteiger partial charge in [-0.2, -0.15) is 0 Å². The average molecular weight is 417 g/mol. The lowest BCUT2D eigenvalue weighted by Crippen LogP contribution is -2.41. The molecule has 1 saturated heterocycles. The largest absolute Gasteiger partial charge is 0.394 e. The summed E-state index contributed by atoms with van der Waals surface area (Å²) in [5.41, 5.74) is 0. The van der Waals surface area contributed by atoms with Crippen LogP contribution in [0.5, 0.6) is 0 Å². The zero-order chi connectivity index (χ0) is 21.2. The summed E-state index contributed by atoms with van der Waals surface area (Å²) in [5.74, 6) is 0. The molecule has 5 heteroatoms. The molecule has 0 aliphatic carbocycles. The van der Waals surface area contributed by atoms with Crippen molar-refractivity contribution < 1.29 is 24.8 Å². The van der Waals surface area contributed by atoms with Crippen molar-refractivity contribution in [3.8, 4) is 0 Å². The Hall–Kier alpha value is -0.200. The van der Waals surface area contributed by atoms with E-state index in [2.05, 4.69) is 6.92 Å². The number of hydrogen-bond donors (Lipinski definition) is 3. The molecule has 0 spiro atoms. The summed E-state index contributed by atoms with van der Waals surface area (Å²) in [6.07, 6.45) is 18.5. The van der Waals surface area contributed by atoms with Gasteiger partial charge in [0.25, 0.3) is 0 Å². The van der Waals surface area contributed by atoms with Gasteiger partial charge >= 0.3 is 0 Å². The van der Waals surface area contributed by atoms with Crippen molar-refractivity contribution in [2.75, 3.05) is 19.8 Å². The summed E-state index contributed by atoms with van der Waals surface area (Å²) < 4.78 is 11.0. The Labute approximate surface area is 179 Å². The van der Waals surface area contributed by atoms with E-state index in [1.54, 1.807) is 0 Å². The van der Waals surface area contributed by atoms with Crippen molar-refractivity contribution in [3.63, 3.8) is 0 Å². The maximum absolute atomic E-state index is 10.1. The average Bonchev–Trinajstić information content (AvgIpc) is 3.10. The van der Waals surface area contributed by atoms with Crippen LogP contribution in [0.15, 0.2) is 0 Å². The Morgan fingerprint density at radius 2 is 1.24 bits per heavy atom. The zero-order valence-electron chi connectivity index (χ0n) is 18.9. The second-order valence-corrected chi connectivity index (χ2v) is 8.75. The van der Waals surface area contributed by atoms with E-state index in [4.69, 9.17) is 14.6 Å². The number of aliphatic hydroxyl groups is 3. The molecular weight excluding hydrogens is 368 g/mol. The summed E-state index contributed by atoms with van der Waals surface area (Å²) in [4.78, 5) is 0. The molecule has 3 N–H and O–H groups in total. The van der Waals surface area contributed by atoms with Crippen molar-refractivity contribution in [2.45, 2.75) is 134 Å². The molecule has 1 rings (SSSR count). The number of unbranched alkanes of at least 4 members (excludes halogenated alkanes) is 15. The first-order chi connectivity index (χ1) is 14.2. The number of hydrogen-bond acceptors (Lipinski definition) is 5. The van der Waals surface area contributed by atoms with Crippen molar-refractivity contribution >= 4 is 0 Å². The lowest BCUT2D eigenvalue weighted by Gasteiger charge is -2.20. The van der Waals surface area contributed by atoms with Crippen molar-refractivity contribution in [1.29, 1.82) is 0 Å². The van der Waals surface area contributed by atoms with Gasteiger partial charge in [0.1, 0.15) is 24.4 Å². The maximum Gasteiger partial charge on any atom is 0.114 e. The minimum atomic E-state index is -1.05. The Balaban J connectivity index is 1.79. The standard InChI is InChI=1S/C24H48O5/c1-2-3-4-5-6-7-8-9-10-11-12-13-14-15-16-17-18-28-22-20-29-24(23(22)27)21(26)19-25/h21-27H,2-20H2,1H3/t21-,22+,23+,24+/m1/s1. The lowest BCUT2D eigenvalue weighted by molar-refractivity contribution is -0.0730. The highest BCUT2D eigenvalue weighted by atomic mass is 16.6. The summed E-state index contributed by atoms with van der Waals surface area (Å²) >= 11 is 0. The van der Waals surface area contributed by atoms with Crippen LogP contribution in [-0.4, -0.2) is 59.6 Å². The number of aliphatic hydroxyl groups excluding tert-OH is 3. The third-order valence-corrected chi connectivity index (χ3v) is 6.07. The van der Waals surface area contributed by atoms with Crippen LogP contribution in [0.1, 0.15) is 110 Å². The molecular formula is C24H48O5. The van der Waals surface area contributed by atoms with Gasteiger partial charge in [-0.25, -0.2) is 0 Å². The van der Waals surface area contributed by atoms with Gasteiger partial charge in [0.05, 0.1) is 13.2 Å². The van der Waals surface area contributed by atoms with Crippen LogP contribution >= 0.6 is 0 Å². The van der Waals surface area contributed by atoms with Gasteiger partial charge in [-0.1, -0.05) is 103 Å². The Morgan fingerprint density at radius 3 is 1.69 bits per heavy atom. The quantitative estimate of drug-likeness (QED) is 0.250. The van der Waals surface area contributed by atoms with Gasteiger partial charge in [0, 0.05) is 6.61 Å². The van der Waals surface area contributed by atoms with Crippen molar-refractivity contribution in [2.24, 2.45) is 0 Å². The fourth-order valence-electron chi connectivity index (χ4n) is 4.09. The summed E-state index contributed by atoms with van der Waals surface area (Å²) in [6, 6.07) is 0. The SMILES string of the molecule is CCCCCCCCCCCCCCCCCCO[C@H]1CO[C@@H]([C@H](O)CO)[C@H]1O. The zero-order valence-corrected chi connectivity index (χ0v) is 18.9. The van der Waals surface area contributed by atoms with Crippen LogP contribution in [0.2, 0.25) is 0 Å². The van der Waals surface area contributed by atoms with Crippen LogP contribution in [0.4, 0.5) is 0 Å². The van der Waals surface area contributed by atoms with Crippen LogP contribution in [-0.2, 0) is 9.47 Å². The predicted molar refractivity (Wildman–Crippen MR) is 118 cm³/mol. The molecule has 0 radical (unpaired) electrons. The topological polar surface area (TPSA) is 79.2 Å². The Kier molecular flexibility index (Phi) is 17.2. The van der Waals surface area contributed by atoms with Gasteiger partial charge in [-0.15, -0.1) is 0 Å². The van der Waals surface area contributed by atoms with Crippen molar-refractivity contribution in [3.05, 3.63) is 0 Å². The third kappa shape index (κ3) is 13.0. The molecule has 0 amide bonds. The van der Waals surface area contributed by atoms with Crippen LogP contribution < -0.4 is 0 Å². The smallest absolute Gasteiger partial charge is 0.114 e. The first kappa shape index (κ1) is 26.8. The van der Waals surface area contributed by atoms with E-state index in [1.165, 1.54) is 89.9 Å². The fraction of sp³-hybridized carbons (Fsp3) is 1.00. The molecule has 5 nitrogen and oxygen atoms in total. The minimum Gasteiger partial charge on any atom is -0.394 e. The second-order valence-electron chi connectivity index (χ2n) is 8.75. The highest BCUT2D eigenvalue weighted by molar-refractivity contribution is 4.88. The van der Waals surface area contributed by atoms with Gasteiger partial charge in [-0.3, -0.25) is 0 Å². The summed E-state index contributed by atoms with van der Waals surface area (Å²) in [7, 11) is 0. The molecule has 0 aromatic carbocycles. The van der Waals surface area contributed by atoms with E-state index in [0.29, 0.717) is 6.61 Å². The Bertz CT molecular complexity index is 352. The first-order valence-corrected chi connectivity index (χ1v) is 12.4. The minimum absolute atomic E-state index is 0.280. The van der Waals surface area contributed by atoms with E-state index < -0.39 is 31.0 Å². The van der Waals surface area contributed by atoms with E-state index in [0.717, 1.165) is 12.8 Å². The van der Waals surface area contributed by atoms with E-state index in [1.807, 2.05) is 0 Å². The van der Waals surface area contributed by atoms with Gasteiger partial charge in [0.15, 0.2) is 0 Å². The van der Waals surface area contributed by atoms with Gasteiger partial charge < -0.3 is 24.8 Å². The van der Waals surface area contributed by atoms with Crippen LogP contribution in [0, 0.1) is 0 Å². The highest BCUT2D eigenvalue weighted by Crippen LogP contribution is 2.21. The predicted octanol–water partition coefficient (Wildman–Crippen LogP) is 4.75. The monoisotopic (exact) mass is 416 g/mol. The molecule has 0 saturated carbocycles. The van der Waals surface area contributed by atoms with Crippen LogP contribution in [0.3, 0.4) is 0 Å². The Morgan fingerprint density at radius 1 is 0.793 bits per heavy atom. The second kappa shape index (κ2) is 18.6.